The van der Waals surface area contributed by atoms with E-state index in [9.17, 15) is 0 Å². The second kappa shape index (κ2) is 6.52. The molecule has 0 saturated carbocycles. The number of hydrazine groups is 1. The maximum atomic E-state index is 5.71. The zero-order chi connectivity index (χ0) is 13.8. The number of benzene rings is 1. The fourth-order valence-electron chi connectivity index (χ4n) is 2.07. The van der Waals surface area contributed by atoms with Gasteiger partial charge in [-0.15, -0.1) is 11.3 Å². The Hall–Kier alpha value is -0.880. The maximum Gasteiger partial charge on any atom is 0.122 e. The predicted molar refractivity (Wildman–Crippen MR) is 83.5 cm³/mol. The molecule has 1 unspecified atom stereocenters. The van der Waals surface area contributed by atoms with E-state index in [-0.39, 0.29) is 6.04 Å². The summed E-state index contributed by atoms with van der Waals surface area (Å²) in [5.74, 6) is 6.61. The summed E-state index contributed by atoms with van der Waals surface area (Å²) in [6.07, 6.45) is 0.792. The molecule has 1 heterocycles. The molecule has 0 radical (unpaired) electrons. The van der Waals surface area contributed by atoms with Crippen LogP contribution in [-0.4, -0.2) is 7.11 Å². The monoisotopic (exact) mass is 340 g/mol. The number of halogens is 1. The van der Waals surface area contributed by atoms with E-state index in [1.807, 2.05) is 18.2 Å². The first-order valence-electron chi connectivity index (χ1n) is 5.98. The molecule has 1 aromatic carbocycles. The first-order valence-corrected chi connectivity index (χ1v) is 7.65. The van der Waals surface area contributed by atoms with Crippen molar-refractivity contribution in [2.45, 2.75) is 19.4 Å². The van der Waals surface area contributed by atoms with Gasteiger partial charge in [0, 0.05) is 9.35 Å². The summed E-state index contributed by atoms with van der Waals surface area (Å²) in [6.45, 7) is 2.08. The summed E-state index contributed by atoms with van der Waals surface area (Å²) in [5.41, 5.74) is 5.27. The molecular weight excluding hydrogens is 324 g/mol. The van der Waals surface area contributed by atoms with Gasteiger partial charge in [0.1, 0.15) is 5.75 Å². The van der Waals surface area contributed by atoms with Gasteiger partial charge in [0.05, 0.1) is 13.2 Å². The Morgan fingerprint density at radius 3 is 2.79 bits per heavy atom. The van der Waals surface area contributed by atoms with Gasteiger partial charge >= 0.3 is 0 Å². The van der Waals surface area contributed by atoms with Crippen molar-refractivity contribution in [1.29, 1.82) is 0 Å². The molecule has 0 aliphatic heterocycles. The van der Waals surface area contributed by atoms with Gasteiger partial charge in [0.2, 0.25) is 0 Å². The standard InChI is InChI=1S/C14H17BrN2OS/c1-9-3-4-13(18-2)10(7-9)8-12(17-16)14-11(15)5-6-19-14/h3-7,12,17H,8,16H2,1-2H3. The Kier molecular flexibility index (Phi) is 4.99. The Morgan fingerprint density at radius 2 is 2.21 bits per heavy atom. The van der Waals surface area contributed by atoms with Crippen LogP contribution in [0.25, 0.3) is 0 Å². The molecule has 2 aromatic rings. The molecular formula is C14H17BrN2OS. The highest BCUT2D eigenvalue weighted by Gasteiger charge is 2.17. The van der Waals surface area contributed by atoms with E-state index in [0.717, 1.165) is 22.2 Å². The first-order chi connectivity index (χ1) is 9.15. The summed E-state index contributed by atoms with van der Waals surface area (Å²) in [6, 6.07) is 8.31. The van der Waals surface area contributed by atoms with Crippen LogP contribution in [0, 0.1) is 6.92 Å². The highest BCUT2D eigenvalue weighted by molar-refractivity contribution is 9.10. The van der Waals surface area contributed by atoms with Gasteiger partial charge < -0.3 is 4.74 Å². The summed E-state index contributed by atoms with van der Waals surface area (Å²) in [7, 11) is 1.69. The Labute approximate surface area is 125 Å². The van der Waals surface area contributed by atoms with Gasteiger partial charge in [-0.1, -0.05) is 17.7 Å². The van der Waals surface area contributed by atoms with Crippen molar-refractivity contribution in [3.05, 3.63) is 50.1 Å². The molecule has 2 rings (SSSR count). The van der Waals surface area contributed by atoms with Crippen molar-refractivity contribution in [3.63, 3.8) is 0 Å². The fraction of sp³-hybridized carbons (Fsp3) is 0.286. The lowest BCUT2D eigenvalue weighted by Crippen LogP contribution is -2.29. The Balaban J connectivity index is 2.28. The molecule has 1 aromatic heterocycles. The molecule has 0 aliphatic carbocycles. The second-order valence-electron chi connectivity index (χ2n) is 4.37. The number of rotatable bonds is 5. The third kappa shape index (κ3) is 3.36. The number of thiophene rings is 1. The zero-order valence-electron chi connectivity index (χ0n) is 10.9. The number of nitrogens with two attached hydrogens (primary N) is 1. The third-order valence-electron chi connectivity index (χ3n) is 3.02. The molecule has 5 heteroatoms. The smallest absolute Gasteiger partial charge is 0.122 e. The van der Waals surface area contributed by atoms with Gasteiger partial charge in [-0.3, -0.25) is 11.3 Å². The molecule has 19 heavy (non-hydrogen) atoms. The molecule has 0 bridgehead atoms. The number of ether oxygens (including phenoxy) is 1. The number of hydrogen-bond donors (Lipinski definition) is 2. The lowest BCUT2D eigenvalue weighted by molar-refractivity contribution is 0.405. The minimum Gasteiger partial charge on any atom is -0.496 e. The summed E-state index contributed by atoms with van der Waals surface area (Å²) < 4.78 is 6.51. The molecule has 3 N–H and O–H groups in total. The van der Waals surface area contributed by atoms with Crippen LogP contribution in [0.3, 0.4) is 0 Å². The topological polar surface area (TPSA) is 47.3 Å². The molecule has 0 aliphatic rings. The maximum absolute atomic E-state index is 5.71. The van der Waals surface area contributed by atoms with Crippen molar-refractivity contribution < 1.29 is 4.74 Å². The van der Waals surface area contributed by atoms with Crippen LogP contribution in [0.5, 0.6) is 5.75 Å². The zero-order valence-corrected chi connectivity index (χ0v) is 13.3. The quantitative estimate of drug-likeness (QED) is 0.646. The molecule has 102 valence electrons. The van der Waals surface area contributed by atoms with E-state index in [4.69, 9.17) is 10.6 Å². The van der Waals surface area contributed by atoms with Gasteiger partial charge in [-0.05, 0) is 52.4 Å². The van der Waals surface area contributed by atoms with Gasteiger partial charge in [-0.2, -0.15) is 0 Å². The van der Waals surface area contributed by atoms with Crippen molar-refractivity contribution in [2.75, 3.05) is 7.11 Å². The number of methoxy groups -OCH3 is 1. The van der Waals surface area contributed by atoms with Crippen molar-refractivity contribution >= 4 is 27.3 Å². The van der Waals surface area contributed by atoms with Gasteiger partial charge in [0.15, 0.2) is 0 Å². The van der Waals surface area contributed by atoms with Crippen LogP contribution >= 0.6 is 27.3 Å². The number of aryl methyl sites for hydroxylation is 1. The molecule has 0 saturated heterocycles. The predicted octanol–water partition coefficient (Wildman–Crippen LogP) is 3.57. The lowest BCUT2D eigenvalue weighted by Gasteiger charge is -2.17. The van der Waals surface area contributed by atoms with Crippen LogP contribution in [0.15, 0.2) is 34.1 Å². The number of hydrogen-bond acceptors (Lipinski definition) is 4. The highest BCUT2D eigenvalue weighted by Crippen LogP contribution is 2.32. The Bertz CT molecular complexity index is 556. The first kappa shape index (κ1) is 14.5. The third-order valence-corrected chi connectivity index (χ3v) is 5.01. The van der Waals surface area contributed by atoms with Crippen LogP contribution in [0.2, 0.25) is 0 Å². The minimum absolute atomic E-state index is 0.0741. The Morgan fingerprint density at radius 1 is 1.42 bits per heavy atom. The second-order valence-corrected chi connectivity index (χ2v) is 6.17. The summed E-state index contributed by atoms with van der Waals surface area (Å²) >= 11 is 5.24. The summed E-state index contributed by atoms with van der Waals surface area (Å²) in [5, 5.41) is 2.05. The largest absolute Gasteiger partial charge is 0.496 e. The molecule has 3 nitrogen and oxygen atoms in total. The normalized spacial score (nSPS) is 12.4. The van der Waals surface area contributed by atoms with E-state index >= 15 is 0 Å². The van der Waals surface area contributed by atoms with Crippen LogP contribution in [0.1, 0.15) is 22.0 Å². The SMILES string of the molecule is COc1ccc(C)cc1CC(NN)c1sccc1Br. The van der Waals surface area contributed by atoms with Crippen molar-refractivity contribution in [3.8, 4) is 5.75 Å². The van der Waals surface area contributed by atoms with Crippen LogP contribution in [0.4, 0.5) is 0 Å². The highest BCUT2D eigenvalue weighted by atomic mass is 79.9. The van der Waals surface area contributed by atoms with Crippen LogP contribution < -0.4 is 16.0 Å². The van der Waals surface area contributed by atoms with E-state index in [1.165, 1.54) is 10.4 Å². The van der Waals surface area contributed by atoms with E-state index in [0.29, 0.717) is 0 Å². The molecule has 1 atom stereocenters. The van der Waals surface area contributed by atoms with Crippen molar-refractivity contribution in [2.24, 2.45) is 5.84 Å². The number of nitrogens with one attached hydrogen (secondary N) is 1. The minimum atomic E-state index is 0.0741. The van der Waals surface area contributed by atoms with E-state index in [2.05, 4.69) is 39.7 Å². The van der Waals surface area contributed by atoms with Crippen LogP contribution in [-0.2, 0) is 6.42 Å². The summed E-state index contributed by atoms with van der Waals surface area (Å²) in [4.78, 5) is 1.20. The average Bonchev–Trinajstić information content (AvgIpc) is 2.82. The molecule has 0 amide bonds. The van der Waals surface area contributed by atoms with Gasteiger partial charge in [-0.25, -0.2) is 0 Å². The molecule has 0 spiro atoms. The van der Waals surface area contributed by atoms with Gasteiger partial charge in [0.25, 0.3) is 0 Å². The fourth-order valence-corrected chi connectivity index (χ4v) is 3.78. The van der Waals surface area contributed by atoms with Crippen molar-refractivity contribution in [1.82, 2.24) is 5.43 Å². The molecule has 0 fully saturated rings. The van der Waals surface area contributed by atoms with E-state index in [1.54, 1.807) is 18.4 Å². The lowest BCUT2D eigenvalue weighted by atomic mass is 10.0. The average molecular weight is 341 g/mol. The van der Waals surface area contributed by atoms with E-state index < -0.39 is 0 Å².